The van der Waals surface area contributed by atoms with Gasteiger partial charge in [-0.05, 0) is 0 Å². The molecule has 0 saturated carbocycles. The molecule has 1 aliphatic rings. The summed E-state index contributed by atoms with van der Waals surface area (Å²) in [5.74, 6) is -1.02. The number of nitrogens with zero attached hydrogens (tertiary/aromatic N) is 1. The number of amides is 1. The number of carbonyl (C=O) groups is 2. The van der Waals surface area contributed by atoms with Gasteiger partial charge >= 0.3 is 5.97 Å². The second-order valence-corrected chi connectivity index (χ2v) is 3.67. The van der Waals surface area contributed by atoms with E-state index >= 15 is 0 Å². The zero-order valence-electron chi connectivity index (χ0n) is 8.77. The lowest BCUT2D eigenvalue weighted by Crippen LogP contribution is -2.19. The molecule has 1 heterocycles. The summed E-state index contributed by atoms with van der Waals surface area (Å²) in [5.41, 5.74) is -0.0737. The van der Waals surface area contributed by atoms with E-state index in [1.807, 2.05) is 0 Å². The lowest BCUT2D eigenvalue weighted by atomic mass is 10.1. The molecule has 7 heteroatoms. The molecule has 1 aromatic carbocycles. The Hall–Kier alpha value is -1.95. The number of carboxylic acids is 1. The van der Waals surface area contributed by atoms with Crippen molar-refractivity contribution in [1.82, 2.24) is 0 Å². The molecule has 0 aliphatic carbocycles. The topological polar surface area (TPSA) is 76.1 Å². The summed E-state index contributed by atoms with van der Waals surface area (Å²) >= 11 is 5.72. The molecule has 0 spiro atoms. The zero-order chi connectivity index (χ0) is 12.6. The smallest absolute Gasteiger partial charge is 0.338 e. The lowest BCUT2D eigenvalue weighted by Gasteiger charge is -2.14. The summed E-state index contributed by atoms with van der Waals surface area (Å²) in [7, 11) is 0. The largest absolute Gasteiger partial charge is 0.478 e. The molecule has 17 heavy (non-hydrogen) atoms. The van der Waals surface area contributed by atoms with Crippen LogP contribution in [0.3, 0.4) is 0 Å². The average molecular weight is 258 g/mol. The third kappa shape index (κ3) is 1.99. The zero-order valence-corrected chi connectivity index (χ0v) is 9.52. The molecule has 0 saturated heterocycles. The Bertz CT molecular complexity index is 502. The maximum absolute atomic E-state index is 11.1. The molecule has 0 radical (unpaired) electrons. The molecule has 0 unspecified atom stereocenters. The second-order valence-electron chi connectivity index (χ2n) is 3.33. The van der Waals surface area contributed by atoms with Crippen molar-refractivity contribution in [2.45, 2.75) is 6.92 Å². The quantitative estimate of drug-likeness (QED) is 0.815. The first-order chi connectivity index (χ1) is 8.00. The monoisotopic (exact) mass is 257 g/mol. The van der Waals surface area contributed by atoms with Gasteiger partial charge in [-0.25, -0.2) is 9.21 Å². The van der Waals surface area contributed by atoms with Gasteiger partial charge in [-0.1, -0.05) is 0 Å². The fraction of sp³-hybridized carbons (Fsp3) is 0.200. The Morgan fingerprint density at radius 2 is 1.94 bits per heavy atom. The number of ether oxygens (including phenoxy) is 2. The maximum atomic E-state index is 11.1. The molecular formula is C10H8ClNO5. The van der Waals surface area contributed by atoms with Crippen molar-refractivity contribution in [3.63, 3.8) is 0 Å². The third-order valence-corrected chi connectivity index (χ3v) is 2.63. The second kappa shape index (κ2) is 4.14. The molecular weight excluding hydrogens is 250 g/mol. The summed E-state index contributed by atoms with van der Waals surface area (Å²) in [5, 5.41) is 9.03. The van der Waals surface area contributed by atoms with E-state index in [9.17, 15) is 9.59 Å². The van der Waals surface area contributed by atoms with Gasteiger partial charge in [-0.2, -0.15) is 0 Å². The Labute approximate surface area is 101 Å². The first kappa shape index (κ1) is 11.5. The third-order valence-electron chi connectivity index (χ3n) is 2.21. The summed E-state index contributed by atoms with van der Waals surface area (Å²) in [6.07, 6.45) is 0. The number of fused-ring (bicyclic) bond motifs is 1. The van der Waals surface area contributed by atoms with E-state index in [0.717, 1.165) is 4.42 Å². The predicted molar refractivity (Wildman–Crippen MR) is 58.5 cm³/mol. The van der Waals surface area contributed by atoms with E-state index in [4.69, 9.17) is 26.4 Å². The molecule has 1 aliphatic heterocycles. The van der Waals surface area contributed by atoms with E-state index < -0.39 is 11.9 Å². The van der Waals surface area contributed by atoms with Gasteiger partial charge in [-0.15, -0.1) is 0 Å². The highest BCUT2D eigenvalue weighted by molar-refractivity contribution is 6.37. The Morgan fingerprint density at radius 1 is 1.35 bits per heavy atom. The predicted octanol–water partition coefficient (Wildman–Crippen LogP) is 1.62. The minimum atomic E-state index is -1.20. The van der Waals surface area contributed by atoms with Gasteiger partial charge in [0.25, 0.3) is 0 Å². The van der Waals surface area contributed by atoms with Gasteiger partial charge in [0.05, 0.1) is 11.3 Å². The van der Waals surface area contributed by atoms with Crippen LogP contribution in [-0.2, 0) is 4.79 Å². The summed E-state index contributed by atoms with van der Waals surface area (Å²) < 4.78 is 10.9. The molecule has 1 N–H and O–H groups in total. The number of carboxylic acid groups (broad SMARTS) is 1. The van der Waals surface area contributed by atoms with Crippen LogP contribution in [0, 0.1) is 0 Å². The van der Waals surface area contributed by atoms with Crippen molar-refractivity contribution in [1.29, 1.82) is 0 Å². The van der Waals surface area contributed by atoms with Gasteiger partial charge in [0, 0.05) is 30.8 Å². The molecule has 2 rings (SSSR count). The molecule has 0 atom stereocenters. The van der Waals surface area contributed by atoms with E-state index in [2.05, 4.69) is 0 Å². The van der Waals surface area contributed by atoms with Crippen LogP contribution in [0.2, 0.25) is 0 Å². The highest BCUT2D eigenvalue weighted by atomic mass is 35.5. The fourth-order valence-electron chi connectivity index (χ4n) is 1.43. The van der Waals surface area contributed by atoms with Crippen LogP contribution in [0.25, 0.3) is 0 Å². The van der Waals surface area contributed by atoms with Gasteiger partial charge in [0.15, 0.2) is 11.5 Å². The summed E-state index contributed by atoms with van der Waals surface area (Å²) in [6, 6.07) is 2.64. The number of benzene rings is 1. The maximum Gasteiger partial charge on any atom is 0.338 e. The first-order valence-corrected chi connectivity index (χ1v) is 4.98. The van der Waals surface area contributed by atoms with Crippen molar-refractivity contribution in [3.8, 4) is 11.5 Å². The van der Waals surface area contributed by atoms with Gasteiger partial charge < -0.3 is 14.6 Å². The van der Waals surface area contributed by atoms with Crippen molar-refractivity contribution in [2.75, 3.05) is 11.2 Å². The van der Waals surface area contributed by atoms with Crippen LogP contribution >= 0.6 is 11.8 Å². The van der Waals surface area contributed by atoms with E-state index in [1.54, 1.807) is 0 Å². The van der Waals surface area contributed by atoms with Gasteiger partial charge in [0.2, 0.25) is 12.7 Å². The number of halogens is 1. The number of carbonyl (C=O) groups excluding carboxylic acids is 1. The number of hydrogen-bond acceptors (Lipinski definition) is 4. The van der Waals surface area contributed by atoms with E-state index in [0.29, 0.717) is 11.5 Å². The molecule has 0 aromatic heterocycles. The highest BCUT2D eigenvalue weighted by Crippen LogP contribution is 2.39. The first-order valence-electron chi connectivity index (χ1n) is 4.64. The minimum Gasteiger partial charge on any atom is -0.478 e. The normalized spacial score (nSPS) is 12.4. The van der Waals surface area contributed by atoms with Crippen molar-refractivity contribution in [3.05, 3.63) is 17.7 Å². The highest BCUT2D eigenvalue weighted by Gasteiger charge is 2.24. The van der Waals surface area contributed by atoms with Gasteiger partial charge in [-0.3, -0.25) is 4.79 Å². The van der Waals surface area contributed by atoms with Crippen LogP contribution < -0.4 is 13.9 Å². The van der Waals surface area contributed by atoms with Gasteiger partial charge in [0.1, 0.15) is 0 Å². The molecule has 6 nitrogen and oxygen atoms in total. The van der Waals surface area contributed by atoms with E-state index in [-0.39, 0.29) is 18.0 Å². The fourth-order valence-corrected chi connectivity index (χ4v) is 1.57. The van der Waals surface area contributed by atoms with Crippen LogP contribution in [0.15, 0.2) is 12.1 Å². The van der Waals surface area contributed by atoms with Crippen molar-refractivity contribution < 1.29 is 24.2 Å². The molecule has 0 fully saturated rings. The minimum absolute atomic E-state index is 0.0141. The van der Waals surface area contributed by atoms with Crippen LogP contribution in [-0.4, -0.2) is 23.8 Å². The Kier molecular flexibility index (Phi) is 2.81. The SMILES string of the molecule is CC(=O)N(Cl)c1cc2c(cc1C(=O)O)OCO2. The standard InChI is InChI=1S/C10H8ClNO5/c1-5(13)12(11)7-3-9-8(16-4-17-9)2-6(7)10(14)15/h2-3H,4H2,1H3,(H,14,15). The molecule has 1 aromatic rings. The van der Waals surface area contributed by atoms with Crippen LogP contribution in [0.4, 0.5) is 5.69 Å². The van der Waals surface area contributed by atoms with Crippen LogP contribution in [0.1, 0.15) is 17.3 Å². The molecule has 0 bridgehead atoms. The average Bonchev–Trinajstić information content (AvgIpc) is 2.72. The summed E-state index contributed by atoms with van der Waals surface area (Å²) in [4.78, 5) is 22.2. The number of anilines is 1. The number of hydrogen-bond donors (Lipinski definition) is 1. The lowest BCUT2D eigenvalue weighted by molar-refractivity contribution is -0.115. The van der Waals surface area contributed by atoms with Crippen molar-refractivity contribution in [2.24, 2.45) is 0 Å². The number of aromatic carboxylic acids is 1. The molecule has 1 amide bonds. The summed E-state index contributed by atoms with van der Waals surface area (Å²) in [6.45, 7) is 1.24. The Balaban J connectivity index is 2.56. The van der Waals surface area contributed by atoms with E-state index in [1.165, 1.54) is 19.1 Å². The molecule has 90 valence electrons. The Morgan fingerprint density at radius 3 is 2.47 bits per heavy atom. The van der Waals surface area contributed by atoms with Crippen LogP contribution in [0.5, 0.6) is 11.5 Å². The number of rotatable bonds is 2. The van der Waals surface area contributed by atoms with Crippen molar-refractivity contribution >= 4 is 29.3 Å².